The van der Waals surface area contributed by atoms with Crippen molar-refractivity contribution in [2.75, 3.05) is 6.61 Å². The molecule has 1 aliphatic rings. The van der Waals surface area contributed by atoms with Crippen LogP contribution in [0.15, 0.2) is 0 Å². The number of carbonyl (C=O) groups excluding carboxylic acids is 1. The lowest BCUT2D eigenvalue weighted by Gasteiger charge is -2.43. The maximum atomic E-state index is 11.1. The van der Waals surface area contributed by atoms with E-state index in [0.717, 1.165) is 6.92 Å². The lowest BCUT2D eigenvalue weighted by atomic mass is 9.98. The molecule has 1 saturated heterocycles. The summed E-state index contributed by atoms with van der Waals surface area (Å²) in [5, 5.41) is 55.8. The molecule has 1 aliphatic heterocycles. The molecule has 0 aromatic heterocycles. The molecular formula is C9H16O9. The average Bonchev–Trinajstić information content (AvgIpc) is 2.31. The SMILES string of the molecule is CC(O)C(=O)O[C@@]1(O)O[C@H](CO)[C@@H](O)[C@H](O)[C@H]1O. The van der Waals surface area contributed by atoms with Gasteiger partial charge in [-0.05, 0) is 6.92 Å². The lowest BCUT2D eigenvalue weighted by Crippen LogP contribution is -2.66. The molecule has 18 heavy (non-hydrogen) atoms. The van der Waals surface area contributed by atoms with Gasteiger partial charge in [0.05, 0.1) is 6.61 Å². The van der Waals surface area contributed by atoms with Crippen LogP contribution < -0.4 is 0 Å². The highest BCUT2D eigenvalue weighted by Crippen LogP contribution is 2.29. The monoisotopic (exact) mass is 268 g/mol. The van der Waals surface area contributed by atoms with Gasteiger partial charge in [0.2, 0.25) is 0 Å². The van der Waals surface area contributed by atoms with Crippen molar-refractivity contribution in [3.8, 4) is 0 Å². The van der Waals surface area contributed by atoms with Gasteiger partial charge < -0.3 is 40.1 Å². The lowest BCUT2D eigenvalue weighted by molar-refractivity contribution is -0.435. The summed E-state index contributed by atoms with van der Waals surface area (Å²) in [7, 11) is 0. The first kappa shape index (κ1) is 15.2. The molecule has 0 aliphatic carbocycles. The molecule has 0 amide bonds. The van der Waals surface area contributed by atoms with E-state index in [0.29, 0.717) is 0 Å². The van der Waals surface area contributed by atoms with Gasteiger partial charge in [-0.1, -0.05) is 0 Å². The van der Waals surface area contributed by atoms with E-state index >= 15 is 0 Å². The maximum absolute atomic E-state index is 11.1. The molecule has 1 rings (SSSR count). The average molecular weight is 268 g/mol. The van der Waals surface area contributed by atoms with E-state index in [2.05, 4.69) is 9.47 Å². The van der Waals surface area contributed by atoms with Crippen molar-refractivity contribution in [1.82, 2.24) is 0 Å². The van der Waals surface area contributed by atoms with Crippen LogP contribution in [-0.4, -0.2) is 79.7 Å². The van der Waals surface area contributed by atoms with Gasteiger partial charge >= 0.3 is 11.9 Å². The molecule has 1 fully saturated rings. The van der Waals surface area contributed by atoms with Crippen LogP contribution in [-0.2, 0) is 14.3 Å². The van der Waals surface area contributed by atoms with E-state index in [-0.39, 0.29) is 0 Å². The smallest absolute Gasteiger partial charge is 0.357 e. The third-order valence-corrected chi connectivity index (χ3v) is 2.52. The Labute approximate surface area is 102 Å². The van der Waals surface area contributed by atoms with E-state index in [1.165, 1.54) is 0 Å². The Kier molecular flexibility index (Phi) is 4.61. The van der Waals surface area contributed by atoms with Crippen LogP contribution >= 0.6 is 0 Å². The first-order chi connectivity index (χ1) is 8.23. The molecule has 0 aromatic rings. The summed E-state index contributed by atoms with van der Waals surface area (Å²) in [6.45, 7) is 0.259. The van der Waals surface area contributed by atoms with E-state index in [1.807, 2.05) is 0 Å². The molecular weight excluding hydrogens is 252 g/mol. The molecule has 0 radical (unpaired) electrons. The minimum absolute atomic E-state index is 0.792. The van der Waals surface area contributed by atoms with Crippen molar-refractivity contribution in [2.24, 2.45) is 0 Å². The number of aliphatic hydroxyl groups excluding tert-OH is 5. The largest absolute Gasteiger partial charge is 0.404 e. The third kappa shape index (κ3) is 2.78. The minimum Gasteiger partial charge on any atom is -0.404 e. The van der Waals surface area contributed by atoms with Gasteiger partial charge in [-0.3, -0.25) is 0 Å². The van der Waals surface area contributed by atoms with Crippen LogP contribution in [0.5, 0.6) is 0 Å². The number of rotatable bonds is 3. The molecule has 0 bridgehead atoms. The normalized spacial score (nSPS) is 42.4. The third-order valence-electron chi connectivity index (χ3n) is 2.52. The molecule has 6 atom stereocenters. The van der Waals surface area contributed by atoms with Crippen molar-refractivity contribution in [3.63, 3.8) is 0 Å². The summed E-state index contributed by atoms with van der Waals surface area (Å²) in [4.78, 5) is 11.1. The van der Waals surface area contributed by atoms with Gasteiger partial charge in [-0.25, -0.2) is 4.79 Å². The number of hydrogen-bond donors (Lipinski definition) is 6. The molecule has 0 aromatic carbocycles. The Morgan fingerprint density at radius 2 is 1.94 bits per heavy atom. The van der Waals surface area contributed by atoms with Crippen molar-refractivity contribution >= 4 is 5.97 Å². The first-order valence-electron chi connectivity index (χ1n) is 5.19. The summed E-state index contributed by atoms with van der Waals surface area (Å²) >= 11 is 0. The Morgan fingerprint density at radius 1 is 1.39 bits per heavy atom. The summed E-state index contributed by atoms with van der Waals surface area (Å²) in [5.41, 5.74) is 0. The van der Waals surface area contributed by atoms with Gasteiger partial charge in [0.15, 0.2) is 6.10 Å². The van der Waals surface area contributed by atoms with Gasteiger partial charge in [0.25, 0.3) is 0 Å². The van der Waals surface area contributed by atoms with Crippen LogP contribution in [0, 0.1) is 0 Å². The zero-order valence-corrected chi connectivity index (χ0v) is 9.50. The highest BCUT2D eigenvalue weighted by atomic mass is 16.8. The summed E-state index contributed by atoms with van der Waals surface area (Å²) in [6.07, 6.45) is -8.78. The summed E-state index contributed by atoms with van der Waals surface area (Å²) in [5.74, 6) is -4.27. The van der Waals surface area contributed by atoms with Crippen LogP contribution in [0.4, 0.5) is 0 Å². The highest BCUT2D eigenvalue weighted by molar-refractivity contribution is 5.74. The fraction of sp³-hybridized carbons (Fsp3) is 0.889. The van der Waals surface area contributed by atoms with E-state index in [9.17, 15) is 25.2 Å². The molecule has 106 valence electrons. The second-order valence-corrected chi connectivity index (χ2v) is 3.99. The Bertz CT molecular complexity index is 304. The van der Waals surface area contributed by atoms with Crippen LogP contribution in [0.1, 0.15) is 6.92 Å². The van der Waals surface area contributed by atoms with Crippen molar-refractivity contribution in [1.29, 1.82) is 0 Å². The predicted molar refractivity (Wildman–Crippen MR) is 52.7 cm³/mol. The van der Waals surface area contributed by atoms with Gasteiger partial charge in [-0.2, -0.15) is 0 Å². The molecule has 1 unspecified atom stereocenters. The summed E-state index contributed by atoms with van der Waals surface area (Å²) in [6, 6.07) is 0. The van der Waals surface area contributed by atoms with Crippen molar-refractivity contribution in [3.05, 3.63) is 0 Å². The highest BCUT2D eigenvalue weighted by Gasteiger charge is 2.56. The molecule has 6 N–H and O–H groups in total. The fourth-order valence-corrected chi connectivity index (χ4v) is 1.44. The van der Waals surface area contributed by atoms with Gasteiger partial charge in [0.1, 0.15) is 24.4 Å². The minimum atomic E-state index is -2.96. The first-order valence-corrected chi connectivity index (χ1v) is 5.19. The quantitative estimate of drug-likeness (QED) is 0.222. The molecule has 1 heterocycles. The Morgan fingerprint density at radius 3 is 2.39 bits per heavy atom. The molecule has 9 heteroatoms. The number of carbonyl (C=O) groups is 1. The number of ether oxygens (including phenoxy) is 2. The van der Waals surface area contributed by atoms with E-state index < -0.39 is 49.1 Å². The van der Waals surface area contributed by atoms with Crippen LogP contribution in [0.2, 0.25) is 0 Å². The second kappa shape index (κ2) is 5.45. The molecule has 9 nitrogen and oxygen atoms in total. The Hall–Kier alpha value is -0.810. The van der Waals surface area contributed by atoms with E-state index in [1.54, 1.807) is 0 Å². The topological polar surface area (TPSA) is 157 Å². The predicted octanol–water partition coefficient (Wildman–Crippen LogP) is -3.97. The van der Waals surface area contributed by atoms with Crippen molar-refractivity contribution in [2.45, 2.75) is 43.4 Å². The standard InChI is InChI=1S/C9H16O9/c1-3(11)8(15)18-9(16)7(14)6(13)5(12)4(2-10)17-9/h3-7,10-14,16H,2H2,1H3/t3?,4-,5-,6+,7-,9+/m1/s1. The number of aliphatic hydroxyl groups is 6. The second-order valence-electron chi connectivity index (χ2n) is 3.99. The zero-order chi connectivity index (χ0) is 14.1. The number of esters is 1. The van der Waals surface area contributed by atoms with Crippen molar-refractivity contribution < 1.29 is 44.9 Å². The fourth-order valence-electron chi connectivity index (χ4n) is 1.44. The zero-order valence-electron chi connectivity index (χ0n) is 9.50. The summed E-state index contributed by atoms with van der Waals surface area (Å²) < 4.78 is 8.95. The van der Waals surface area contributed by atoms with Gasteiger partial charge in [0, 0.05) is 0 Å². The molecule has 0 saturated carbocycles. The van der Waals surface area contributed by atoms with Gasteiger partial charge in [-0.15, -0.1) is 0 Å². The van der Waals surface area contributed by atoms with E-state index in [4.69, 9.17) is 10.2 Å². The van der Waals surface area contributed by atoms with Crippen LogP contribution in [0.25, 0.3) is 0 Å². The molecule has 0 spiro atoms. The Balaban J connectivity index is 2.88. The number of hydrogen-bond acceptors (Lipinski definition) is 9. The van der Waals surface area contributed by atoms with Crippen LogP contribution in [0.3, 0.4) is 0 Å². The maximum Gasteiger partial charge on any atom is 0.357 e.